The molecule has 0 heterocycles. The Kier molecular flexibility index (Phi) is 5.81. The highest BCUT2D eigenvalue weighted by Crippen LogP contribution is 2.10. The lowest BCUT2D eigenvalue weighted by atomic mass is 10.1. The third-order valence-electron chi connectivity index (χ3n) is 2.27. The summed E-state index contributed by atoms with van der Waals surface area (Å²) in [6.45, 7) is 1.45. The van der Waals surface area contributed by atoms with Crippen molar-refractivity contribution < 1.29 is 4.74 Å². The molecule has 0 aromatic heterocycles. The van der Waals surface area contributed by atoms with Crippen molar-refractivity contribution in [3.8, 4) is 0 Å². The van der Waals surface area contributed by atoms with Crippen LogP contribution in [0.4, 0.5) is 5.69 Å². The molecule has 3 heteroatoms. The van der Waals surface area contributed by atoms with E-state index >= 15 is 0 Å². The van der Waals surface area contributed by atoms with Crippen molar-refractivity contribution in [3.63, 3.8) is 0 Å². The van der Waals surface area contributed by atoms with Crippen LogP contribution in [0.1, 0.15) is 12.8 Å². The van der Waals surface area contributed by atoms with Crippen LogP contribution in [0.5, 0.6) is 0 Å². The van der Waals surface area contributed by atoms with E-state index in [0.29, 0.717) is 6.04 Å². The number of hydrogen-bond acceptors (Lipinski definition) is 3. The first-order valence-corrected chi connectivity index (χ1v) is 5.37. The van der Waals surface area contributed by atoms with Gasteiger partial charge in [-0.15, -0.1) is 0 Å². The summed E-state index contributed by atoms with van der Waals surface area (Å²) in [5.41, 5.74) is 6.63. The highest BCUT2D eigenvalue weighted by atomic mass is 16.5. The maximum atomic E-state index is 5.50. The van der Waals surface area contributed by atoms with Crippen LogP contribution in [0.3, 0.4) is 0 Å². The lowest BCUT2D eigenvalue weighted by Crippen LogP contribution is -2.25. The van der Waals surface area contributed by atoms with Crippen molar-refractivity contribution in [3.05, 3.63) is 30.3 Å². The first-order valence-electron chi connectivity index (χ1n) is 5.37. The van der Waals surface area contributed by atoms with Crippen LogP contribution < -0.4 is 11.1 Å². The Balaban J connectivity index is 2.43. The molecule has 0 radical (unpaired) electrons. The minimum atomic E-state index is 0.348. The van der Waals surface area contributed by atoms with E-state index in [9.17, 15) is 0 Å². The van der Waals surface area contributed by atoms with Gasteiger partial charge in [0.05, 0.1) is 6.61 Å². The average molecular weight is 208 g/mol. The van der Waals surface area contributed by atoms with Gasteiger partial charge in [0.15, 0.2) is 0 Å². The van der Waals surface area contributed by atoms with Crippen LogP contribution in [0.25, 0.3) is 0 Å². The normalized spacial score (nSPS) is 12.4. The number of ether oxygens (including phenoxy) is 1. The van der Waals surface area contributed by atoms with Crippen LogP contribution in [-0.2, 0) is 4.74 Å². The molecule has 0 bridgehead atoms. The number of nitrogens with two attached hydrogens (primary N) is 1. The SMILES string of the molecule is COCC(CCCN)Nc1ccccc1. The monoisotopic (exact) mass is 208 g/mol. The molecule has 3 nitrogen and oxygen atoms in total. The van der Waals surface area contributed by atoms with E-state index in [1.807, 2.05) is 18.2 Å². The number of nitrogens with one attached hydrogen (secondary N) is 1. The van der Waals surface area contributed by atoms with Crippen LogP contribution in [0.15, 0.2) is 30.3 Å². The summed E-state index contributed by atoms with van der Waals surface area (Å²) in [6, 6.07) is 10.5. The molecule has 0 aliphatic rings. The third-order valence-corrected chi connectivity index (χ3v) is 2.27. The van der Waals surface area contributed by atoms with Crippen LogP contribution >= 0.6 is 0 Å². The zero-order valence-corrected chi connectivity index (χ0v) is 9.28. The van der Waals surface area contributed by atoms with Gasteiger partial charge in [0.2, 0.25) is 0 Å². The fourth-order valence-electron chi connectivity index (χ4n) is 1.53. The molecule has 0 saturated carbocycles. The summed E-state index contributed by atoms with van der Waals surface area (Å²) in [6.07, 6.45) is 2.06. The number of rotatable bonds is 7. The van der Waals surface area contributed by atoms with Gasteiger partial charge in [0.25, 0.3) is 0 Å². The average Bonchev–Trinajstić information content (AvgIpc) is 2.28. The molecular weight excluding hydrogens is 188 g/mol. The van der Waals surface area contributed by atoms with Gasteiger partial charge < -0.3 is 15.8 Å². The summed E-state index contributed by atoms with van der Waals surface area (Å²) in [7, 11) is 1.72. The number of benzene rings is 1. The van der Waals surface area contributed by atoms with Crippen molar-refractivity contribution in [2.45, 2.75) is 18.9 Å². The zero-order valence-electron chi connectivity index (χ0n) is 9.28. The standard InChI is InChI=1S/C12H20N2O/c1-15-10-12(8-5-9-13)14-11-6-3-2-4-7-11/h2-4,6-7,12,14H,5,8-10,13H2,1H3. The Morgan fingerprint density at radius 3 is 2.67 bits per heavy atom. The minimum Gasteiger partial charge on any atom is -0.383 e. The molecule has 84 valence electrons. The minimum absolute atomic E-state index is 0.348. The molecule has 0 aliphatic heterocycles. The quantitative estimate of drug-likeness (QED) is 0.719. The van der Waals surface area contributed by atoms with E-state index in [0.717, 1.165) is 31.7 Å². The smallest absolute Gasteiger partial charge is 0.0664 e. The van der Waals surface area contributed by atoms with Crippen molar-refractivity contribution in [1.82, 2.24) is 0 Å². The van der Waals surface area contributed by atoms with Crippen molar-refractivity contribution in [2.75, 3.05) is 25.6 Å². The summed E-state index contributed by atoms with van der Waals surface area (Å²) >= 11 is 0. The van der Waals surface area contributed by atoms with Gasteiger partial charge in [-0.3, -0.25) is 0 Å². The number of anilines is 1. The first-order chi connectivity index (χ1) is 7.36. The van der Waals surface area contributed by atoms with E-state index in [2.05, 4.69) is 17.4 Å². The second-order valence-electron chi connectivity index (χ2n) is 3.59. The Morgan fingerprint density at radius 1 is 1.33 bits per heavy atom. The van der Waals surface area contributed by atoms with Gasteiger partial charge >= 0.3 is 0 Å². The molecule has 3 N–H and O–H groups in total. The maximum Gasteiger partial charge on any atom is 0.0664 e. The molecule has 1 aromatic carbocycles. The van der Waals surface area contributed by atoms with Gasteiger partial charge in [-0.2, -0.15) is 0 Å². The van der Waals surface area contributed by atoms with E-state index in [-0.39, 0.29) is 0 Å². The molecule has 0 fully saturated rings. The highest BCUT2D eigenvalue weighted by molar-refractivity contribution is 5.43. The highest BCUT2D eigenvalue weighted by Gasteiger charge is 2.06. The molecule has 0 saturated heterocycles. The summed E-state index contributed by atoms with van der Waals surface area (Å²) in [5.74, 6) is 0. The number of methoxy groups -OCH3 is 1. The Labute approximate surface area is 91.6 Å². The van der Waals surface area contributed by atoms with Gasteiger partial charge in [0.1, 0.15) is 0 Å². The molecule has 0 spiro atoms. The zero-order chi connectivity index (χ0) is 10.9. The Morgan fingerprint density at radius 2 is 2.07 bits per heavy atom. The topological polar surface area (TPSA) is 47.3 Å². The van der Waals surface area contributed by atoms with E-state index < -0.39 is 0 Å². The lowest BCUT2D eigenvalue weighted by Gasteiger charge is -2.18. The molecule has 1 atom stereocenters. The van der Waals surface area contributed by atoms with Gasteiger partial charge in [-0.1, -0.05) is 18.2 Å². The van der Waals surface area contributed by atoms with Crippen molar-refractivity contribution in [2.24, 2.45) is 5.73 Å². The fourth-order valence-corrected chi connectivity index (χ4v) is 1.53. The van der Waals surface area contributed by atoms with Crippen molar-refractivity contribution >= 4 is 5.69 Å². The van der Waals surface area contributed by atoms with Crippen LogP contribution in [0.2, 0.25) is 0 Å². The predicted octanol–water partition coefficient (Wildman–Crippen LogP) is 1.85. The van der Waals surface area contributed by atoms with Crippen LogP contribution in [0, 0.1) is 0 Å². The molecular formula is C12H20N2O. The molecule has 0 aliphatic carbocycles. The van der Waals surface area contributed by atoms with Gasteiger partial charge in [0, 0.05) is 18.8 Å². The first kappa shape index (κ1) is 12.0. The van der Waals surface area contributed by atoms with E-state index in [1.54, 1.807) is 7.11 Å². The second-order valence-corrected chi connectivity index (χ2v) is 3.59. The molecule has 1 unspecified atom stereocenters. The van der Waals surface area contributed by atoms with Crippen molar-refractivity contribution in [1.29, 1.82) is 0 Å². The van der Waals surface area contributed by atoms with E-state index in [1.165, 1.54) is 0 Å². The summed E-state index contributed by atoms with van der Waals surface area (Å²) in [4.78, 5) is 0. The van der Waals surface area contributed by atoms with Gasteiger partial charge in [-0.05, 0) is 31.5 Å². The number of hydrogen-bond donors (Lipinski definition) is 2. The molecule has 0 amide bonds. The second kappa shape index (κ2) is 7.26. The summed E-state index contributed by atoms with van der Waals surface area (Å²) in [5, 5.41) is 3.43. The fraction of sp³-hybridized carbons (Fsp3) is 0.500. The summed E-state index contributed by atoms with van der Waals surface area (Å²) < 4.78 is 5.17. The largest absolute Gasteiger partial charge is 0.383 e. The Hall–Kier alpha value is -1.06. The number of para-hydroxylation sites is 1. The van der Waals surface area contributed by atoms with Gasteiger partial charge in [-0.25, -0.2) is 0 Å². The Bertz CT molecular complexity index is 251. The van der Waals surface area contributed by atoms with Crippen LogP contribution in [-0.4, -0.2) is 26.3 Å². The predicted molar refractivity (Wildman–Crippen MR) is 64.0 cm³/mol. The molecule has 1 rings (SSSR count). The third kappa shape index (κ3) is 4.81. The van der Waals surface area contributed by atoms with E-state index in [4.69, 9.17) is 10.5 Å². The maximum absolute atomic E-state index is 5.50. The molecule has 1 aromatic rings. The molecule has 15 heavy (non-hydrogen) atoms. The lowest BCUT2D eigenvalue weighted by molar-refractivity contribution is 0.182.